The largest absolute Gasteiger partial charge is 0.344 e. The normalized spacial score (nSPS) is 16.2. The van der Waals surface area contributed by atoms with Crippen molar-refractivity contribution in [3.8, 4) is 0 Å². The van der Waals surface area contributed by atoms with Gasteiger partial charge in [-0.1, -0.05) is 11.3 Å². The van der Waals surface area contributed by atoms with E-state index in [2.05, 4.69) is 19.9 Å². The summed E-state index contributed by atoms with van der Waals surface area (Å²) >= 11 is 1.62. The number of carbonyl (C=O) groups is 1. The lowest BCUT2D eigenvalue weighted by Gasteiger charge is -2.34. The Morgan fingerprint density at radius 1 is 1.26 bits per heavy atom. The van der Waals surface area contributed by atoms with Gasteiger partial charge in [-0.05, 0) is 20.8 Å². The Morgan fingerprint density at radius 3 is 2.57 bits per heavy atom. The molecule has 1 aliphatic rings. The summed E-state index contributed by atoms with van der Waals surface area (Å²) in [6, 6.07) is 0. The van der Waals surface area contributed by atoms with Crippen LogP contribution in [0.15, 0.2) is 6.20 Å². The molecule has 2 aromatic rings. The summed E-state index contributed by atoms with van der Waals surface area (Å²) in [6.07, 6.45) is 1.95. The number of aryl methyl sites for hydroxylation is 1. The van der Waals surface area contributed by atoms with Crippen LogP contribution < -0.4 is 4.90 Å². The van der Waals surface area contributed by atoms with Gasteiger partial charge in [0.2, 0.25) is 16.0 Å². The Bertz CT molecular complexity index is 637. The van der Waals surface area contributed by atoms with Crippen LogP contribution in [-0.4, -0.2) is 76.1 Å². The third-order valence-corrected chi connectivity index (χ3v) is 5.25. The maximum Gasteiger partial charge on any atom is 0.236 e. The lowest BCUT2D eigenvalue weighted by Crippen LogP contribution is -2.50. The van der Waals surface area contributed by atoms with Crippen LogP contribution >= 0.6 is 11.3 Å². The molecule has 3 rings (SSSR count). The molecule has 23 heavy (non-hydrogen) atoms. The van der Waals surface area contributed by atoms with Crippen LogP contribution in [-0.2, 0) is 4.79 Å². The molecule has 0 aliphatic carbocycles. The molecule has 0 bridgehead atoms. The number of hydrogen-bond acceptors (Lipinski definition) is 6. The average Bonchev–Trinajstić information content (AvgIpc) is 3.06. The number of likely N-dealkylation sites (N-methyl/N-ethyl adjacent to an activating group) is 1. The van der Waals surface area contributed by atoms with Crippen LogP contribution in [0, 0.1) is 6.92 Å². The topological polar surface area (TPSA) is 57.0 Å². The number of nitrogens with zero attached hydrogens (tertiary/aromatic N) is 6. The van der Waals surface area contributed by atoms with Gasteiger partial charge in [0.1, 0.15) is 0 Å². The minimum atomic E-state index is 0.228. The number of aromatic nitrogens is 3. The van der Waals surface area contributed by atoms with E-state index >= 15 is 0 Å². The second-order valence-corrected chi connectivity index (χ2v) is 6.76. The van der Waals surface area contributed by atoms with Crippen molar-refractivity contribution in [3.05, 3.63) is 11.9 Å². The van der Waals surface area contributed by atoms with Crippen molar-refractivity contribution < 1.29 is 4.79 Å². The van der Waals surface area contributed by atoms with E-state index in [4.69, 9.17) is 0 Å². The number of fused-ring (bicyclic) bond motifs is 1. The second kappa shape index (κ2) is 6.84. The predicted molar refractivity (Wildman–Crippen MR) is 92.2 cm³/mol. The van der Waals surface area contributed by atoms with E-state index in [1.807, 2.05) is 36.4 Å². The fourth-order valence-electron chi connectivity index (χ4n) is 2.89. The summed E-state index contributed by atoms with van der Waals surface area (Å²) in [7, 11) is 0. The van der Waals surface area contributed by atoms with Crippen molar-refractivity contribution in [2.75, 3.05) is 50.7 Å². The molecule has 1 aliphatic heterocycles. The van der Waals surface area contributed by atoms with Crippen LogP contribution in [0.3, 0.4) is 0 Å². The molecule has 1 amide bonds. The molecular formula is C15H24N6OS. The average molecular weight is 336 g/mol. The predicted octanol–water partition coefficient (Wildman–Crippen LogP) is 1.09. The molecule has 0 unspecified atom stereocenters. The maximum atomic E-state index is 12.2. The number of piperazine rings is 1. The molecule has 0 saturated carbocycles. The van der Waals surface area contributed by atoms with Gasteiger partial charge in [0.05, 0.1) is 18.4 Å². The van der Waals surface area contributed by atoms with E-state index in [1.54, 1.807) is 11.3 Å². The Labute approximate surface area is 140 Å². The quantitative estimate of drug-likeness (QED) is 0.818. The van der Waals surface area contributed by atoms with E-state index in [1.165, 1.54) is 0 Å². The van der Waals surface area contributed by atoms with Crippen LogP contribution in [0.5, 0.6) is 0 Å². The van der Waals surface area contributed by atoms with Crippen molar-refractivity contribution in [2.45, 2.75) is 20.8 Å². The summed E-state index contributed by atoms with van der Waals surface area (Å²) in [5.41, 5.74) is 0.995. The first-order valence-electron chi connectivity index (χ1n) is 8.18. The molecule has 3 heterocycles. The number of rotatable bonds is 5. The van der Waals surface area contributed by atoms with Gasteiger partial charge >= 0.3 is 0 Å². The van der Waals surface area contributed by atoms with Gasteiger partial charge in [-0.3, -0.25) is 9.69 Å². The van der Waals surface area contributed by atoms with Gasteiger partial charge in [0.15, 0.2) is 0 Å². The molecule has 1 saturated heterocycles. The molecule has 0 spiro atoms. The highest BCUT2D eigenvalue weighted by atomic mass is 32.1. The van der Waals surface area contributed by atoms with Crippen molar-refractivity contribution in [2.24, 2.45) is 0 Å². The molecule has 1 fully saturated rings. The highest BCUT2D eigenvalue weighted by molar-refractivity contribution is 7.20. The zero-order chi connectivity index (χ0) is 16.4. The van der Waals surface area contributed by atoms with E-state index in [-0.39, 0.29) is 5.91 Å². The number of imidazole rings is 1. The first kappa shape index (κ1) is 16.2. The molecule has 8 heteroatoms. The van der Waals surface area contributed by atoms with Crippen molar-refractivity contribution in [1.29, 1.82) is 0 Å². The Morgan fingerprint density at radius 2 is 1.96 bits per heavy atom. The standard InChI is InChI=1S/C15H24N6OS/c1-4-19(5-2)13(22)11-18-6-8-20(9-7-18)15-17-21-10-12(3)16-14(21)23-15/h10H,4-9,11H2,1-3H3. The first-order chi connectivity index (χ1) is 11.1. The van der Waals surface area contributed by atoms with E-state index < -0.39 is 0 Å². The fraction of sp³-hybridized carbons (Fsp3) is 0.667. The lowest BCUT2D eigenvalue weighted by molar-refractivity contribution is -0.132. The van der Waals surface area contributed by atoms with Crippen LogP contribution in [0.4, 0.5) is 5.13 Å². The molecule has 0 atom stereocenters. The lowest BCUT2D eigenvalue weighted by atomic mass is 10.3. The second-order valence-electron chi connectivity index (χ2n) is 5.82. The molecule has 0 N–H and O–H groups in total. The number of amides is 1. The number of hydrogen-bond donors (Lipinski definition) is 0. The van der Waals surface area contributed by atoms with E-state index in [0.29, 0.717) is 6.54 Å². The van der Waals surface area contributed by atoms with Crippen molar-refractivity contribution in [1.82, 2.24) is 24.4 Å². The summed E-state index contributed by atoms with van der Waals surface area (Å²) in [6.45, 7) is 11.7. The summed E-state index contributed by atoms with van der Waals surface area (Å²) in [5.74, 6) is 0.228. The first-order valence-corrected chi connectivity index (χ1v) is 9.00. The third-order valence-electron chi connectivity index (χ3n) is 4.27. The van der Waals surface area contributed by atoms with Gasteiger partial charge in [-0.15, -0.1) is 5.10 Å². The fourth-order valence-corrected chi connectivity index (χ4v) is 3.87. The van der Waals surface area contributed by atoms with Gasteiger partial charge < -0.3 is 9.80 Å². The number of anilines is 1. The van der Waals surface area contributed by atoms with Crippen molar-refractivity contribution >= 4 is 27.3 Å². The zero-order valence-electron chi connectivity index (χ0n) is 14.0. The molecule has 126 valence electrons. The van der Waals surface area contributed by atoms with Gasteiger partial charge in [0.25, 0.3) is 0 Å². The molecule has 0 radical (unpaired) electrons. The minimum Gasteiger partial charge on any atom is -0.344 e. The van der Waals surface area contributed by atoms with Crippen LogP contribution in [0.1, 0.15) is 19.5 Å². The molecule has 2 aromatic heterocycles. The highest BCUT2D eigenvalue weighted by Crippen LogP contribution is 2.24. The Balaban J connectivity index is 1.55. The maximum absolute atomic E-state index is 12.2. The van der Waals surface area contributed by atoms with Crippen LogP contribution in [0.25, 0.3) is 4.96 Å². The zero-order valence-corrected chi connectivity index (χ0v) is 14.8. The van der Waals surface area contributed by atoms with Gasteiger partial charge in [-0.2, -0.15) is 0 Å². The minimum absolute atomic E-state index is 0.228. The van der Waals surface area contributed by atoms with Gasteiger partial charge in [0, 0.05) is 39.3 Å². The Hall–Kier alpha value is -1.67. The Kier molecular flexibility index (Phi) is 4.82. The van der Waals surface area contributed by atoms with E-state index in [0.717, 1.165) is 55.1 Å². The monoisotopic (exact) mass is 336 g/mol. The van der Waals surface area contributed by atoms with Crippen LogP contribution in [0.2, 0.25) is 0 Å². The number of carbonyl (C=O) groups excluding carboxylic acids is 1. The van der Waals surface area contributed by atoms with Crippen molar-refractivity contribution in [3.63, 3.8) is 0 Å². The smallest absolute Gasteiger partial charge is 0.236 e. The van der Waals surface area contributed by atoms with Gasteiger partial charge in [-0.25, -0.2) is 9.50 Å². The van der Waals surface area contributed by atoms with E-state index in [9.17, 15) is 4.79 Å². The SMILES string of the molecule is CCN(CC)C(=O)CN1CCN(c2nn3cc(C)nc3s2)CC1. The summed E-state index contributed by atoms with van der Waals surface area (Å²) in [4.78, 5) is 24.0. The molecule has 7 nitrogen and oxygen atoms in total. The highest BCUT2D eigenvalue weighted by Gasteiger charge is 2.23. The summed E-state index contributed by atoms with van der Waals surface area (Å²) < 4.78 is 1.85. The molecule has 0 aromatic carbocycles. The summed E-state index contributed by atoms with van der Waals surface area (Å²) in [5, 5.41) is 5.62. The third kappa shape index (κ3) is 3.48. The molecular weight excluding hydrogens is 312 g/mol.